The van der Waals surface area contributed by atoms with Crippen molar-refractivity contribution in [1.29, 1.82) is 0 Å². The van der Waals surface area contributed by atoms with E-state index in [1.165, 1.54) is 9.25 Å². The topological polar surface area (TPSA) is 55.1 Å². The lowest BCUT2D eigenvalue weighted by Crippen LogP contribution is -2.39. The number of halogens is 3. The fourth-order valence-corrected chi connectivity index (χ4v) is 3.96. The van der Waals surface area contributed by atoms with Crippen LogP contribution < -0.4 is 5.32 Å². The van der Waals surface area contributed by atoms with Gasteiger partial charge in [0, 0.05) is 44.6 Å². The molecule has 30 heavy (non-hydrogen) atoms. The molecule has 4 rings (SSSR count). The molecule has 3 heterocycles. The highest BCUT2D eigenvalue weighted by molar-refractivity contribution is 5.98. The molecule has 6 nitrogen and oxygen atoms in total. The van der Waals surface area contributed by atoms with Crippen molar-refractivity contribution in [3.63, 3.8) is 0 Å². The number of rotatable bonds is 5. The van der Waals surface area contributed by atoms with E-state index in [9.17, 15) is 18.0 Å². The number of alkyl halides is 3. The zero-order valence-corrected chi connectivity index (χ0v) is 16.7. The number of aromatic nitrogens is 3. The molecule has 1 fully saturated rings. The third kappa shape index (κ3) is 4.13. The Balaban J connectivity index is 1.64. The van der Waals surface area contributed by atoms with E-state index in [0.29, 0.717) is 12.8 Å². The van der Waals surface area contributed by atoms with Crippen molar-refractivity contribution in [3.8, 4) is 0 Å². The van der Waals surface area contributed by atoms with Crippen LogP contribution in [0.1, 0.15) is 35.1 Å². The Morgan fingerprint density at radius 3 is 2.37 bits per heavy atom. The molecule has 0 saturated carbocycles. The number of piperidine rings is 1. The Morgan fingerprint density at radius 2 is 1.80 bits per heavy atom. The lowest BCUT2D eigenvalue weighted by atomic mass is 10.0. The van der Waals surface area contributed by atoms with Crippen molar-refractivity contribution in [2.24, 2.45) is 0 Å². The molecule has 0 radical (unpaired) electrons. The van der Waals surface area contributed by atoms with Gasteiger partial charge in [0.2, 0.25) is 0 Å². The van der Waals surface area contributed by atoms with Gasteiger partial charge in [-0.1, -0.05) is 24.3 Å². The monoisotopic (exact) mass is 419 g/mol. The maximum Gasteiger partial charge on any atom is 0.435 e. The summed E-state index contributed by atoms with van der Waals surface area (Å²) in [5.41, 5.74) is -1.06. The number of hydrogen-bond acceptors (Lipinski definition) is 4. The van der Waals surface area contributed by atoms with E-state index in [4.69, 9.17) is 0 Å². The Morgan fingerprint density at radius 1 is 1.17 bits per heavy atom. The van der Waals surface area contributed by atoms with E-state index in [1.807, 2.05) is 31.3 Å². The Labute approximate surface area is 172 Å². The van der Waals surface area contributed by atoms with Gasteiger partial charge in [0.05, 0.1) is 6.04 Å². The summed E-state index contributed by atoms with van der Waals surface area (Å²) in [6.07, 6.45) is -0.0202. The molecule has 3 aromatic rings. The van der Waals surface area contributed by atoms with Gasteiger partial charge >= 0.3 is 6.18 Å². The van der Waals surface area contributed by atoms with Gasteiger partial charge < -0.3 is 10.2 Å². The molecule has 0 unspecified atom stereocenters. The summed E-state index contributed by atoms with van der Waals surface area (Å²) in [5.74, 6) is -0.508. The minimum Gasteiger partial charge on any atom is -0.318 e. The Bertz CT molecular complexity index is 998. The molecule has 1 aromatic carbocycles. The number of fused-ring (bicyclic) bond motifs is 1. The predicted molar refractivity (Wildman–Crippen MR) is 108 cm³/mol. The molecule has 1 aliphatic rings. The fourth-order valence-electron chi connectivity index (χ4n) is 3.96. The standard InChI is InChI=1S/C21H24F3N5O/c1-25-8-11-27-9-6-17(7-10-27)29-18(12-19(26-29)21(22,23)24)20(30)28-13-15-4-2-3-5-16(15)14-28/h2-5,12-14,17,25H,6-11H2,1H3. The van der Waals surface area contributed by atoms with E-state index in [0.717, 1.165) is 43.0 Å². The number of carbonyl (C=O) groups excluding carboxylic acids is 1. The first kappa shape index (κ1) is 20.6. The third-order valence-corrected chi connectivity index (χ3v) is 5.61. The van der Waals surface area contributed by atoms with Gasteiger partial charge in [-0.05, 0) is 30.7 Å². The van der Waals surface area contributed by atoms with Crippen molar-refractivity contribution >= 4 is 16.7 Å². The summed E-state index contributed by atoms with van der Waals surface area (Å²) in [6, 6.07) is 8.06. The van der Waals surface area contributed by atoms with Crippen molar-refractivity contribution < 1.29 is 18.0 Å². The summed E-state index contributed by atoms with van der Waals surface area (Å²) >= 11 is 0. The fraction of sp³-hybridized carbons (Fsp3) is 0.429. The quantitative estimate of drug-likeness (QED) is 0.689. The lowest BCUT2D eigenvalue weighted by Gasteiger charge is -2.32. The van der Waals surface area contributed by atoms with Crippen molar-refractivity contribution in [2.45, 2.75) is 25.1 Å². The van der Waals surface area contributed by atoms with Crippen LogP contribution in [0.3, 0.4) is 0 Å². The van der Waals surface area contributed by atoms with Gasteiger partial charge in [-0.25, -0.2) is 0 Å². The van der Waals surface area contributed by atoms with Crippen molar-refractivity contribution in [2.75, 3.05) is 33.2 Å². The molecule has 1 N–H and O–H groups in total. The van der Waals surface area contributed by atoms with Crippen LogP contribution in [0.5, 0.6) is 0 Å². The average molecular weight is 419 g/mol. The second kappa shape index (κ2) is 8.23. The lowest BCUT2D eigenvalue weighted by molar-refractivity contribution is -0.141. The van der Waals surface area contributed by atoms with Crippen LogP contribution in [-0.2, 0) is 6.18 Å². The minimum atomic E-state index is -4.60. The van der Waals surface area contributed by atoms with E-state index in [2.05, 4.69) is 15.3 Å². The Kier molecular flexibility index (Phi) is 5.66. The maximum atomic E-state index is 13.4. The molecule has 2 aromatic heterocycles. The van der Waals surface area contributed by atoms with Crippen LogP contribution in [0, 0.1) is 0 Å². The number of carbonyl (C=O) groups is 1. The second-order valence-corrected chi connectivity index (χ2v) is 7.63. The van der Waals surface area contributed by atoms with E-state index >= 15 is 0 Å². The summed E-state index contributed by atoms with van der Waals surface area (Å²) < 4.78 is 42.8. The molecule has 0 aliphatic carbocycles. The first-order valence-corrected chi connectivity index (χ1v) is 10.0. The summed E-state index contributed by atoms with van der Waals surface area (Å²) in [4.78, 5) is 15.4. The smallest absolute Gasteiger partial charge is 0.318 e. The van der Waals surface area contributed by atoms with E-state index < -0.39 is 17.8 Å². The van der Waals surface area contributed by atoms with Gasteiger partial charge in [0.1, 0.15) is 5.69 Å². The van der Waals surface area contributed by atoms with Gasteiger partial charge in [0.25, 0.3) is 5.91 Å². The molecule has 0 atom stereocenters. The third-order valence-electron chi connectivity index (χ3n) is 5.61. The molecular weight excluding hydrogens is 395 g/mol. The van der Waals surface area contributed by atoms with Crippen molar-refractivity contribution in [3.05, 3.63) is 54.1 Å². The first-order chi connectivity index (χ1) is 14.4. The number of benzene rings is 1. The van der Waals surface area contributed by atoms with Gasteiger partial charge in [0.15, 0.2) is 5.69 Å². The van der Waals surface area contributed by atoms with Gasteiger partial charge in [-0.2, -0.15) is 18.3 Å². The molecular formula is C21H24F3N5O. The predicted octanol–water partition coefficient (Wildman–Crippen LogP) is 3.40. The van der Waals surface area contributed by atoms with Gasteiger partial charge in [-0.3, -0.25) is 14.0 Å². The normalized spacial score (nSPS) is 16.4. The molecule has 1 aliphatic heterocycles. The highest BCUT2D eigenvalue weighted by Crippen LogP contribution is 2.32. The number of likely N-dealkylation sites (N-methyl/N-ethyl adjacent to an activating group) is 1. The highest BCUT2D eigenvalue weighted by atomic mass is 19.4. The summed E-state index contributed by atoms with van der Waals surface area (Å²) in [6.45, 7) is 3.26. The summed E-state index contributed by atoms with van der Waals surface area (Å²) in [7, 11) is 1.89. The van der Waals surface area contributed by atoms with Gasteiger partial charge in [-0.15, -0.1) is 0 Å². The van der Waals surface area contributed by atoms with Crippen LogP contribution in [0.2, 0.25) is 0 Å². The zero-order chi connectivity index (χ0) is 21.3. The van der Waals surface area contributed by atoms with Crippen LogP contribution in [-0.4, -0.2) is 58.4 Å². The van der Waals surface area contributed by atoms with Crippen molar-refractivity contribution in [1.82, 2.24) is 24.6 Å². The first-order valence-electron chi connectivity index (χ1n) is 10.0. The average Bonchev–Trinajstić information content (AvgIpc) is 3.36. The largest absolute Gasteiger partial charge is 0.435 e. The molecule has 9 heteroatoms. The minimum absolute atomic E-state index is 0.0312. The second-order valence-electron chi connectivity index (χ2n) is 7.63. The SMILES string of the molecule is CNCCN1CCC(n2nc(C(F)(F)F)cc2C(=O)n2cc3ccccc3c2)CC1. The molecule has 0 spiro atoms. The molecule has 1 saturated heterocycles. The highest BCUT2D eigenvalue weighted by Gasteiger charge is 2.37. The number of hydrogen-bond donors (Lipinski definition) is 1. The number of nitrogens with one attached hydrogen (secondary N) is 1. The maximum absolute atomic E-state index is 13.4. The molecule has 160 valence electrons. The zero-order valence-electron chi connectivity index (χ0n) is 16.7. The molecule has 0 amide bonds. The Hall–Kier alpha value is -2.65. The number of nitrogens with zero attached hydrogens (tertiary/aromatic N) is 4. The van der Waals surface area contributed by atoms with Crippen LogP contribution in [0.4, 0.5) is 13.2 Å². The van der Waals surface area contributed by atoms with E-state index in [1.54, 1.807) is 12.4 Å². The van der Waals surface area contributed by atoms with E-state index in [-0.39, 0.29) is 11.7 Å². The van der Waals surface area contributed by atoms with Crippen LogP contribution >= 0.6 is 0 Å². The molecule has 0 bridgehead atoms. The summed E-state index contributed by atoms with van der Waals surface area (Å²) in [5, 5.41) is 8.62. The number of likely N-dealkylation sites (tertiary alicyclic amines) is 1. The van der Waals surface area contributed by atoms with Crippen LogP contribution in [0.25, 0.3) is 10.8 Å². The van der Waals surface area contributed by atoms with Crippen LogP contribution in [0.15, 0.2) is 42.7 Å².